The van der Waals surface area contributed by atoms with Crippen LogP contribution in [0.5, 0.6) is 0 Å². The molecule has 31 heavy (non-hydrogen) atoms. The van der Waals surface area contributed by atoms with E-state index in [4.69, 9.17) is 4.42 Å². The van der Waals surface area contributed by atoms with Crippen LogP contribution in [0.25, 0.3) is 0 Å². The SMILES string of the molecule is C=CCN1C(=O)NC(C)C(Cc2nnc(SCC(=O)N3CCc4ccccc43)o2)C1=O. The third-order valence-electron chi connectivity index (χ3n) is 5.44. The fourth-order valence-corrected chi connectivity index (χ4v) is 4.48. The maximum absolute atomic E-state index is 12.7. The molecule has 2 aliphatic heterocycles. The van der Waals surface area contributed by atoms with E-state index in [1.807, 2.05) is 24.3 Å². The Balaban J connectivity index is 1.35. The number of carbonyl (C=O) groups excluding carboxylic acids is 3. The van der Waals surface area contributed by atoms with Gasteiger partial charge in [-0.3, -0.25) is 14.5 Å². The van der Waals surface area contributed by atoms with E-state index >= 15 is 0 Å². The van der Waals surface area contributed by atoms with Crippen LogP contribution in [0.3, 0.4) is 0 Å². The molecule has 1 N–H and O–H groups in total. The first-order valence-electron chi connectivity index (χ1n) is 10.0. The second-order valence-electron chi connectivity index (χ2n) is 7.46. The predicted molar refractivity (Wildman–Crippen MR) is 115 cm³/mol. The smallest absolute Gasteiger partial charge is 0.324 e. The second-order valence-corrected chi connectivity index (χ2v) is 8.39. The first-order chi connectivity index (χ1) is 15.0. The van der Waals surface area contributed by atoms with Crippen LogP contribution in [0.15, 0.2) is 46.6 Å². The summed E-state index contributed by atoms with van der Waals surface area (Å²) >= 11 is 1.17. The number of fused-ring (bicyclic) bond motifs is 1. The van der Waals surface area contributed by atoms with Crippen molar-refractivity contribution in [2.24, 2.45) is 5.92 Å². The van der Waals surface area contributed by atoms with Gasteiger partial charge in [-0.15, -0.1) is 16.8 Å². The average Bonchev–Trinajstić information content (AvgIpc) is 3.39. The van der Waals surface area contributed by atoms with Gasteiger partial charge in [-0.25, -0.2) is 4.79 Å². The van der Waals surface area contributed by atoms with E-state index in [-0.39, 0.29) is 41.8 Å². The normalized spacial score (nSPS) is 20.5. The Morgan fingerprint density at radius 3 is 2.97 bits per heavy atom. The molecule has 0 aliphatic carbocycles. The zero-order valence-corrected chi connectivity index (χ0v) is 17.9. The van der Waals surface area contributed by atoms with E-state index in [9.17, 15) is 14.4 Å². The lowest BCUT2D eigenvalue weighted by atomic mass is 9.93. The van der Waals surface area contributed by atoms with Gasteiger partial charge in [0.1, 0.15) is 0 Å². The van der Waals surface area contributed by atoms with Gasteiger partial charge in [0.25, 0.3) is 5.22 Å². The molecule has 10 heteroatoms. The number of anilines is 1. The molecular weight excluding hydrogens is 418 g/mol. The van der Waals surface area contributed by atoms with Crippen molar-refractivity contribution in [2.75, 3.05) is 23.7 Å². The Morgan fingerprint density at radius 1 is 1.35 bits per heavy atom. The van der Waals surface area contributed by atoms with Gasteiger partial charge in [0.2, 0.25) is 17.7 Å². The molecule has 162 valence electrons. The van der Waals surface area contributed by atoms with Crippen LogP contribution >= 0.6 is 11.8 Å². The minimum atomic E-state index is -0.515. The highest BCUT2D eigenvalue weighted by Crippen LogP contribution is 2.29. The Kier molecular flexibility index (Phi) is 6.08. The number of hydrogen-bond donors (Lipinski definition) is 1. The highest BCUT2D eigenvalue weighted by molar-refractivity contribution is 7.99. The van der Waals surface area contributed by atoms with Gasteiger partial charge in [-0.2, -0.15) is 0 Å². The Hall–Kier alpha value is -3.14. The van der Waals surface area contributed by atoms with Crippen molar-refractivity contribution in [2.45, 2.75) is 31.0 Å². The van der Waals surface area contributed by atoms with Crippen molar-refractivity contribution >= 4 is 35.3 Å². The molecule has 4 rings (SSSR count). The summed E-state index contributed by atoms with van der Waals surface area (Å²) in [6, 6.07) is 7.09. The molecule has 4 amide bonds. The van der Waals surface area contributed by atoms with Crippen LogP contribution in [0.4, 0.5) is 10.5 Å². The summed E-state index contributed by atoms with van der Waals surface area (Å²) in [7, 11) is 0. The van der Waals surface area contributed by atoms with Crippen LogP contribution in [-0.4, -0.2) is 57.8 Å². The van der Waals surface area contributed by atoms with Gasteiger partial charge in [0.15, 0.2) is 0 Å². The molecule has 2 aromatic rings. The lowest BCUT2D eigenvalue weighted by molar-refractivity contribution is -0.134. The standard InChI is InChI=1S/C21H23N5O4S/c1-3-9-26-19(28)15(13(2)22-20(26)29)11-17-23-24-21(30-17)31-12-18(27)25-10-8-14-6-4-5-7-16(14)25/h3-7,13,15H,1,8-12H2,2H3,(H,22,29). The summed E-state index contributed by atoms with van der Waals surface area (Å²) in [6.07, 6.45) is 2.56. The number of para-hydroxylation sites is 1. The number of benzene rings is 1. The highest BCUT2D eigenvalue weighted by atomic mass is 32.2. The maximum Gasteiger partial charge on any atom is 0.324 e. The number of nitrogens with one attached hydrogen (secondary N) is 1. The predicted octanol–water partition coefficient (Wildman–Crippen LogP) is 2.04. The third-order valence-corrected chi connectivity index (χ3v) is 6.25. The quantitative estimate of drug-likeness (QED) is 0.517. The van der Waals surface area contributed by atoms with Gasteiger partial charge in [-0.05, 0) is 25.0 Å². The summed E-state index contributed by atoms with van der Waals surface area (Å²) in [5.41, 5.74) is 2.13. The van der Waals surface area contributed by atoms with Crippen molar-refractivity contribution in [3.05, 3.63) is 48.4 Å². The number of carbonyl (C=O) groups is 3. The molecule has 3 heterocycles. The zero-order chi connectivity index (χ0) is 22.0. The highest BCUT2D eigenvalue weighted by Gasteiger charge is 2.39. The van der Waals surface area contributed by atoms with Crippen molar-refractivity contribution < 1.29 is 18.8 Å². The number of rotatable bonds is 7. The minimum absolute atomic E-state index is 0.0199. The number of hydrogen-bond acceptors (Lipinski definition) is 7. The molecule has 1 aromatic carbocycles. The molecule has 2 unspecified atom stereocenters. The fraction of sp³-hybridized carbons (Fsp3) is 0.381. The summed E-state index contributed by atoms with van der Waals surface area (Å²) < 4.78 is 5.65. The first kappa shape index (κ1) is 21.1. The van der Waals surface area contributed by atoms with Crippen LogP contribution in [0.2, 0.25) is 0 Å². The van der Waals surface area contributed by atoms with Gasteiger partial charge in [0.05, 0.1) is 11.7 Å². The number of nitrogens with zero attached hydrogens (tertiary/aromatic N) is 4. The molecule has 0 bridgehead atoms. The lowest BCUT2D eigenvalue weighted by Gasteiger charge is -2.34. The first-order valence-corrected chi connectivity index (χ1v) is 11.0. The molecule has 1 saturated heterocycles. The molecule has 1 aromatic heterocycles. The Bertz CT molecular complexity index is 1020. The number of amides is 4. The van der Waals surface area contributed by atoms with Crippen LogP contribution in [0, 0.1) is 5.92 Å². The zero-order valence-electron chi connectivity index (χ0n) is 17.1. The van der Waals surface area contributed by atoms with Gasteiger partial charge in [-0.1, -0.05) is 36.0 Å². The molecule has 0 spiro atoms. The number of imide groups is 1. The average molecular weight is 442 g/mol. The summed E-state index contributed by atoms with van der Waals surface area (Å²) in [6.45, 7) is 6.16. The number of urea groups is 1. The Morgan fingerprint density at radius 2 is 2.16 bits per heavy atom. The lowest BCUT2D eigenvalue weighted by Crippen LogP contribution is -2.59. The fourth-order valence-electron chi connectivity index (χ4n) is 3.82. The van der Waals surface area contributed by atoms with Gasteiger partial charge in [0, 0.05) is 31.2 Å². The maximum atomic E-state index is 12.7. The van der Waals surface area contributed by atoms with Crippen molar-refractivity contribution in [3.8, 4) is 0 Å². The van der Waals surface area contributed by atoms with Crippen LogP contribution < -0.4 is 10.2 Å². The van der Waals surface area contributed by atoms with E-state index < -0.39 is 11.9 Å². The molecule has 0 radical (unpaired) electrons. The molecule has 0 saturated carbocycles. The summed E-state index contributed by atoms with van der Waals surface area (Å²) in [4.78, 5) is 40.2. The van der Waals surface area contributed by atoms with Crippen molar-refractivity contribution in [1.82, 2.24) is 20.4 Å². The van der Waals surface area contributed by atoms with Crippen molar-refractivity contribution in [1.29, 1.82) is 0 Å². The molecular formula is C21H23N5O4S. The van der Waals surface area contributed by atoms with Crippen molar-refractivity contribution in [3.63, 3.8) is 0 Å². The van der Waals surface area contributed by atoms with Crippen LogP contribution in [-0.2, 0) is 22.4 Å². The molecule has 2 atom stereocenters. The molecule has 1 fully saturated rings. The van der Waals surface area contributed by atoms with E-state index in [2.05, 4.69) is 22.1 Å². The molecule has 2 aliphatic rings. The van der Waals surface area contributed by atoms with Gasteiger partial charge >= 0.3 is 6.03 Å². The molecule has 9 nitrogen and oxygen atoms in total. The number of thioether (sulfide) groups is 1. The van der Waals surface area contributed by atoms with E-state index in [1.54, 1.807) is 11.8 Å². The monoisotopic (exact) mass is 441 g/mol. The number of aromatic nitrogens is 2. The summed E-state index contributed by atoms with van der Waals surface area (Å²) in [5, 5.41) is 11.1. The topological polar surface area (TPSA) is 109 Å². The second kappa shape index (κ2) is 8.93. The summed E-state index contributed by atoms with van der Waals surface area (Å²) in [5.74, 6) is -0.363. The third kappa shape index (κ3) is 4.34. The van der Waals surface area contributed by atoms with E-state index in [0.29, 0.717) is 12.4 Å². The largest absolute Gasteiger partial charge is 0.416 e. The van der Waals surface area contributed by atoms with Crippen LogP contribution in [0.1, 0.15) is 18.4 Å². The van der Waals surface area contributed by atoms with E-state index in [1.165, 1.54) is 23.4 Å². The van der Waals surface area contributed by atoms with Gasteiger partial charge < -0.3 is 14.6 Å². The Labute approximate surface area is 183 Å². The minimum Gasteiger partial charge on any atom is -0.416 e. The van der Waals surface area contributed by atoms with E-state index in [0.717, 1.165) is 17.0 Å².